The first-order valence-corrected chi connectivity index (χ1v) is 10.7. The Labute approximate surface area is 166 Å². The van der Waals surface area contributed by atoms with Gasteiger partial charge in [-0.3, -0.25) is 9.69 Å². The lowest BCUT2D eigenvalue weighted by atomic mass is 10.3. The number of carbonyl (C=O) groups is 1. The van der Waals surface area contributed by atoms with Crippen LogP contribution >= 0.6 is 23.1 Å². The van der Waals surface area contributed by atoms with Crippen LogP contribution in [0.3, 0.4) is 0 Å². The Bertz CT molecular complexity index is 859. The molecule has 3 aromatic rings. The van der Waals surface area contributed by atoms with Crippen molar-refractivity contribution < 1.29 is 9.32 Å². The quantitative estimate of drug-likeness (QED) is 0.592. The Hall–Kier alpha value is -2.16. The summed E-state index contributed by atoms with van der Waals surface area (Å²) in [5.41, 5.74) is 0. The number of hydrogen-bond donors (Lipinski definition) is 0. The van der Waals surface area contributed by atoms with Gasteiger partial charge in [0.2, 0.25) is 17.6 Å². The third-order valence-electron chi connectivity index (χ3n) is 4.40. The number of aromatic nitrogens is 2. The maximum Gasteiger partial charge on any atom is 0.241 e. The van der Waals surface area contributed by atoms with Crippen molar-refractivity contribution in [2.24, 2.45) is 0 Å². The molecule has 0 N–H and O–H groups in total. The molecule has 0 unspecified atom stereocenters. The van der Waals surface area contributed by atoms with Gasteiger partial charge in [0.15, 0.2) is 0 Å². The van der Waals surface area contributed by atoms with Crippen molar-refractivity contribution in [3.05, 3.63) is 53.7 Å². The molecule has 1 aliphatic rings. The number of hydrogen-bond acceptors (Lipinski definition) is 7. The van der Waals surface area contributed by atoms with Crippen molar-refractivity contribution in [1.29, 1.82) is 0 Å². The topological polar surface area (TPSA) is 62.5 Å². The second-order valence-corrected chi connectivity index (χ2v) is 8.24. The zero-order valence-electron chi connectivity index (χ0n) is 14.8. The van der Waals surface area contributed by atoms with Crippen LogP contribution in [-0.4, -0.2) is 57.8 Å². The summed E-state index contributed by atoms with van der Waals surface area (Å²) < 4.78 is 5.37. The highest BCUT2D eigenvalue weighted by Gasteiger charge is 2.22. The Morgan fingerprint density at radius 1 is 1.11 bits per heavy atom. The minimum atomic E-state index is 0.196. The first kappa shape index (κ1) is 18.2. The molecule has 1 amide bonds. The number of rotatable bonds is 6. The Morgan fingerprint density at radius 2 is 1.93 bits per heavy atom. The largest absolute Gasteiger partial charge is 0.339 e. The van der Waals surface area contributed by atoms with Crippen LogP contribution in [0.1, 0.15) is 5.89 Å². The predicted octanol–water partition coefficient (Wildman–Crippen LogP) is 3.23. The van der Waals surface area contributed by atoms with Crippen LogP contribution in [0.15, 0.2) is 57.3 Å². The standard InChI is InChI=1S/C19H20N4O2S2/c24-18(14-27-15-5-2-1-3-6-15)23-10-8-22(9-11-23)13-17-20-19(21-25-17)16-7-4-12-26-16/h1-7,12H,8-11,13-14H2. The fourth-order valence-corrected chi connectivity index (χ4v) is 4.40. The van der Waals surface area contributed by atoms with E-state index in [4.69, 9.17) is 4.52 Å². The van der Waals surface area contributed by atoms with E-state index in [1.807, 2.05) is 52.7 Å². The van der Waals surface area contributed by atoms with Crippen LogP contribution in [0.25, 0.3) is 10.7 Å². The summed E-state index contributed by atoms with van der Waals surface area (Å²) in [5.74, 6) is 1.95. The van der Waals surface area contributed by atoms with E-state index in [1.165, 1.54) is 0 Å². The lowest BCUT2D eigenvalue weighted by Gasteiger charge is -2.33. The van der Waals surface area contributed by atoms with Crippen molar-refractivity contribution >= 4 is 29.0 Å². The van der Waals surface area contributed by atoms with E-state index < -0.39 is 0 Å². The van der Waals surface area contributed by atoms with Crippen LogP contribution in [0, 0.1) is 0 Å². The smallest absolute Gasteiger partial charge is 0.241 e. The Balaban J connectivity index is 1.23. The van der Waals surface area contributed by atoms with E-state index in [0.29, 0.717) is 24.0 Å². The SMILES string of the molecule is O=C(CSc1ccccc1)N1CCN(Cc2nc(-c3cccs3)no2)CC1. The van der Waals surface area contributed by atoms with Crippen molar-refractivity contribution in [2.75, 3.05) is 31.9 Å². The van der Waals surface area contributed by atoms with Gasteiger partial charge in [-0.25, -0.2) is 0 Å². The van der Waals surface area contributed by atoms with Gasteiger partial charge in [-0.15, -0.1) is 23.1 Å². The Morgan fingerprint density at radius 3 is 2.67 bits per heavy atom. The number of nitrogens with zero attached hydrogens (tertiary/aromatic N) is 4. The third kappa shape index (κ3) is 4.77. The monoisotopic (exact) mass is 400 g/mol. The molecule has 1 aromatic carbocycles. The summed E-state index contributed by atoms with van der Waals surface area (Å²) in [6.07, 6.45) is 0. The number of thioether (sulfide) groups is 1. The van der Waals surface area contributed by atoms with Crippen LogP contribution in [0.5, 0.6) is 0 Å². The maximum absolute atomic E-state index is 12.4. The summed E-state index contributed by atoms with van der Waals surface area (Å²) in [7, 11) is 0. The molecule has 1 fully saturated rings. The van der Waals surface area contributed by atoms with Gasteiger partial charge < -0.3 is 9.42 Å². The van der Waals surface area contributed by atoms with Crippen LogP contribution in [0.4, 0.5) is 0 Å². The fraction of sp³-hybridized carbons (Fsp3) is 0.316. The highest BCUT2D eigenvalue weighted by Crippen LogP contribution is 2.22. The van der Waals surface area contributed by atoms with E-state index in [0.717, 1.165) is 36.0 Å². The number of thiophene rings is 1. The van der Waals surface area contributed by atoms with Gasteiger partial charge in [-0.05, 0) is 23.6 Å². The maximum atomic E-state index is 12.4. The first-order valence-electron chi connectivity index (χ1n) is 8.82. The third-order valence-corrected chi connectivity index (χ3v) is 6.26. The summed E-state index contributed by atoms with van der Waals surface area (Å²) in [4.78, 5) is 23.2. The fourth-order valence-electron chi connectivity index (χ4n) is 2.92. The molecule has 0 saturated carbocycles. The highest BCUT2D eigenvalue weighted by molar-refractivity contribution is 8.00. The van der Waals surface area contributed by atoms with Crippen molar-refractivity contribution in [2.45, 2.75) is 11.4 Å². The molecule has 8 heteroatoms. The van der Waals surface area contributed by atoms with Gasteiger partial charge in [0.05, 0.1) is 17.2 Å². The van der Waals surface area contributed by atoms with Gasteiger partial charge in [0.25, 0.3) is 0 Å². The second-order valence-electron chi connectivity index (χ2n) is 6.25. The molecular formula is C19H20N4O2S2. The number of piperazine rings is 1. The summed E-state index contributed by atoms with van der Waals surface area (Å²) >= 11 is 3.19. The van der Waals surface area contributed by atoms with Gasteiger partial charge in [-0.2, -0.15) is 4.98 Å². The predicted molar refractivity (Wildman–Crippen MR) is 107 cm³/mol. The van der Waals surface area contributed by atoms with E-state index in [2.05, 4.69) is 15.0 Å². The molecule has 1 aliphatic heterocycles. The lowest BCUT2D eigenvalue weighted by Crippen LogP contribution is -2.48. The molecule has 0 bridgehead atoms. The number of amides is 1. The zero-order chi connectivity index (χ0) is 18.5. The molecule has 0 aliphatic carbocycles. The van der Waals surface area contributed by atoms with E-state index in [-0.39, 0.29) is 5.91 Å². The normalized spacial score (nSPS) is 15.2. The van der Waals surface area contributed by atoms with Crippen LogP contribution in [-0.2, 0) is 11.3 Å². The van der Waals surface area contributed by atoms with Gasteiger partial charge in [0, 0.05) is 31.1 Å². The minimum Gasteiger partial charge on any atom is -0.339 e. The lowest BCUT2D eigenvalue weighted by molar-refractivity contribution is -0.130. The van der Waals surface area contributed by atoms with Crippen molar-refractivity contribution in [3.8, 4) is 10.7 Å². The van der Waals surface area contributed by atoms with Crippen LogP contribution < -0.4 is 0 Å². The zero-order valence-corrected chi connectivity index (χ0v) is 16.4. The Kier molecular flexibility index (Phi) is 5.86. The van der Waals surface area contributed by atoms with Gasteiger partial charge in [0.1, 0.15) is 0 Å². The molecule has 3 heterocycles. The molecule has 0 atom stereocenters. The number of benzene rings is 1. The average Bonchev–Trinajstić information content (AvgIpc) is 3.39. The minimum absolute atomic E-state index is 0.196. The molecule has 0 radical (unpaired) electrons. The summed E-state index contributed by atoms with van der Waals surface area (Å²) in [5, 5.41) is 6.05. The highest BCUT2D eigenvalue weighted by atomic mass is 32.2. The van der Waals surface area contributed by atoms with Crippen molar-refractivity contribution in [3.63, 3.8) is 0 Å². The molecular weight excluding hydrogens is 380 g/mol. The molecule has 2 aromatic heterocycles. The first-order chi connectivity index (χ1) is 13.3. The van der Waals surface area contributed by atoms with Crippen molar-refractivity contribution in [1.82, 2.24) is 19.9 Å². The van der Waals surface area contributed by atoms with E-state index in [9.17, 15) is 4.79 Å². The number of carbonyl (C=O) groups excluding carboxylic acids is 1. The molecule has 0 spiro atoms. The molecule has 27 heavy (non-hydrogen) atoms. The van der Waals surface area contributed by atoms with Gasteiger partial charge >= 0.3 is 0 Å². The van der Waals surface area contributed by atoms with E-state index in [1.54, 1.807) is 23.1 Å². The summed E-state index contributed by atoms with van der Waals surface area (Å²) in [6.45, 7) is 3.73. The molecule has 6 nitrogen and oxygen atoms in total. The van der Waals surface area contributed by atoms with Gasteiger partial charge in [-0.1, -0.05) is 29.4 Å². The molecule has 140 valence electrons. The van der Waals surface area contributed by atoms with Crippen LogP contribution in [0.2, 0.25) is 0 Å². The molecule has 4 rings (SSSR count). The van der Waals surface area contributed by atoms with E-state index >= 15 is 0 Å². The average molecular weight is 401 g/mol. The summed E-state index contributed by atoms with van der Waals surface area (Å²) in [6, 6.07) is 14.0. The second kappa shape index (κ2) is 8.69. The molecule has 1 saturated heterocycles.